The van der Waals surface area contributed by atoms with Crippen LogP contribution < -0.4 is 10.1 Å². The molecule has 1 N–H and O–H groups in total. The van der Waals surface area contributed by atoms with Crippen LogP contribution in [-0.2, 0) is 11.2 Å². The summed E-state index contributed by atoms with van der Waals surface area (Å²) in [5.74, 6) is 3.72. The van der Waals surface area contributed by atoms with Crippen molar-refractivity contribution in [2.75, 3.05) is 13.2 Å². The molecule has 0 heterocycles. The van der Waals surface area contributed by atoms with Gasteiger partial charge in [-0.1, -0.05) is 42.2 Å². The van der Waals surface area contributed by atoms with E-state index in [1.807, 2.05) is 30.3 Å². The Morgan fingerprint density at radius 2 is 1.87 bits per heavy atom. The molecule has 0 saturated carbocycles. The fraction of sp³-hybridized carbons (Fsp3) is 0.167. The fourth-order valence-electron chi connectivity index (χ4n) is 1.81. The summed E-state index contributed by atoms with van der Waals surface area (Å²) in [7, 11) is 0. The van der Waals surface area contributed by atoms with Crippen molar-refractivity contribution >= 4 is 5.91 Å². The SMILES string of the molecule is O=C(Cc1ccccc1)NCC#CCOc1ccc(F)cc1F. The van der Waals surface area contributed by atoms with Crippen molar-refractivity contribution in [3.8, 4) is 17.6 Å². The Hall–Kier alpha value is -2.87. The smallest absolute Gasteiger partial charge is 0.225 e. The van der Waals surface area contributed by atoms with Crippen LogP contribution in [0.5, 0.6) is 5.75 Å². The lowest BCUT2D eigenvalue weighted by Gasteiger charge is -2.03. The van der Waals surface area contributed by atoms with Gasteiger partial charge in [-0.3, -0.25) is 4.79 Å². The van der Waals surface area contributed by atoms with Crippen molar-refractivity contribution in [3.63, 3.8) is 0 Å². The van der Waals surface area contributed by atoms with Crippen LogP contribution in [-0.4, -0.2) is 19.1 Å². The van der Waals surface area contributed by atoms with Gasteiger partial charge in [0.15, 0.2) is 11.6 Å². The maximum absolute atomic E-state index is 13.3. The number of benzene rings is 2. The first-order valence-corrected chi connectivity index (χ1v) is 6.99. The van der Waals surface area contributed by atoms with E-state index in [4.69, 9.17) is 4.74 Å². The fourth-order valence-corrected chi connectivity index (χ4v) is 1.81. The Kier molecular flexibility index (Phi) is 6.13. The summed E-state index contributed by atoms with van der Waals surface area (Å²) in [5, 5.41) is 2.66. The van der Waals surface area contributed by atoms with E-state index >= 15 is 0 Å². The molecule has 0 unspecified atom stereocenters. The average molecular weight is 315 g/mol. The van der Waals surface area contributed by atoms with Crippen LogP contribution in [0.15, 0.2) is 48.5 Å². The molecular formula is C18H15F2NO2. The van der Waals surface area contributed by atoms with Gasteiger partial charge in [0.05, 0.1) is 13.0 Å². The van der Waals surface area contributed by atoms with Crippen molar-refractivity contribution in [1.29, 1.82) is 0 Å². The van der Waals surface area contributed by atoms with E-state index in [1.165, 1.54) is 6.07 Å². The van der Waals surface area contributed by atoms with Crippen molar-refractivity contribution in [2.45, 2.75) is 6.42 Å². The molecule has 2 aromatic rings. The Morgan fingerprint density at radius 1 is 1.09 bits per heavy atom. The number of rotatable bonds is 5. The number of carbonyl (C=O) groups is 1. The molecule has 0 fully saturated rings. The molecule has 3 nitrogen and oxygen atoms in total. The third-order valence-corrected chi connectivity index (χ3v) is 2.90. The number of hydrogen-bond donors (Lipinski definition) is 1. The molecule has 5 heteroatoms. The van der Waals surface area contributed by atoms with Gasteiger partial charge in [-0.15, -0.1) is 0 Å². The molecule has 0 atom stereocenters. The van der Waals surface area contributed by atoms with Gasteiger partial charge in [0.25, 0.3) is 0 Å². The summed E-state index contributed by atoms with van der Waals surface area (Å²) in [6, 6.07) is 12.4. The van der Waals surface area contributed by atoms with Crippen LogP contribution >= 0.6 is 0 Å². The molecule has 0 saturated heterocycles. The lowest BCUT2D eigenvalue weighted by molar-refractivity contribution is -0.120. The number of nitrogens with one attached hydrogen (secondary N) is 1. The molecule has 0 aliphatic heterocycles. The average Bonchev–Trinajstić information content (AvgIpc) is 2.53. The second kappa shape index (κ2) is 8.54. The van der Waals surface area contributed by atoms with Gasteiger partial charge in [0, 0.05) is 6.07 Å². The van der Waals surface area contributed by atoms with E-state index in [2.05, 4.69) is 17.2 Å². The van der Waals surface area contributed by atoms with Crippen molar-refractivity contribution in [3.05, 3.63) is 65.7 Å². The van der Waals surface area contributed by atoms with Gasteiger partial charge in [0.1, 0.15) is 12.4 Å². The van der Waals surface area contributed by atoms with Crippen LogP contribution in [0.4, 0.5) is 8.78 Å². The van der Waals surface area contributed by atoms with Gasteiger partial charge in [-0.25, -0.2) is 8.78 Å². The molecule has 0 aliphatic rings. The maximum atomic E-state index is 13.3. The summed E-state index contributed by atoms with van der Waals surface area (Å²) in [4.78, 5) is 11.6. The summed E-state index contributed by atoms with van der Waals surface area (Å²) >= 11 is 0. The minimum Gasteiger partial charge on any atom is -0.478 e. The summed E-state index contributed by atoms with van der Waals surface area (Å²) < 4.78 is 31.0. The molecule has 23 heavy (non-hydrogen) atoms. The highest BCUT2D eigenvalue weighted by molar-refractivity contribution is 5.78. The third-order valence-electron chi connectivity index (χ3n) is 2.90. The minimum atomic E-state index is -0.775. The van der Waals surface area contributed by atoms with Crippen LogP contribution in [0.1, 0.15) is 5.56 Å². The first-order chi connectivity index (χ1) is 11.1. The molecule has 2 aromatic carbocycles. The molecule has 118 valence electrons. The zero-order chi connectivity index (χ0) is 16.5. The van der Waals surface area contributed by atoms with Crippen LogP contribution in [0.25, 0.3) is 0 Å². The maximum Gasteiger partial charge on any atom is 0.225 e. The zero-order valence-electron chi connectivity index (χ0n) is 12.3. The molecule has 0 bridgehead atoms. The monoisotopic (exact) mass is 315 g/mol. The number of carbonyl (C=O) groups excluding carboxylic acids is 1. The van der Waals surface area contributed by atoms with Crippen molar-refractivity contribution < 1.29 is 18.3 Å². The van der Waals surface area contributed by atoms with Crippen molar-refractivity contribution in [2.24, 2.45) is 0 Å². The van der Waals surface area contributed by atoms with Gasteiger partial charge < -0.3 is 10.1 Å². The molecule has 0 spiro atoms. The highest BCUT2D eigenvalue weighted by Crippen LogP contribution is 2.17. The first kappa shape index (κ1) is 16.5. The Bertz CT molecular complexity index is 721. The van der Waals surface area contributed by atoms with E-state index in [1.54, 1.807) is 0 Å². The number of halogens is 2. The molecular weight excluding hydrogens is 300 g/mol. The predicted octanol–water partition coefficient (Wildman–Crippen LogP) is 2.71. The predicted molar refractivity (Wildman–Crippen MR) is 82.8 cm³/mol. The van der Waals surface area contributed by atoms with Crippen molar-refractivity contribution in [1.82, 2.24) is 5.32 Å². The molecule has 0 aromatic heterocycles. The molecule has 0 aliphatic carbocycles. The first-order valence-electron chi connectivity index (χ1n) is 6.99. The number of ether oxygens (including phenoxy) is 1. The van der Waals surface area contributed by atoms with Crippen LogP contribution in [0.3, 0.4) is 0 Å². The van der Waals surface area contributed by atoms with E-state index in [0.29, 0.717) is 6.42 Å². The lowest BCUT2D eigenvalue weighted by Crippen LogP contribution is -2.25. The third kappa shape index (κ3) is 5.79. The molecule has 0 radical (unpaired) electrons. The summed E-state index contributed by atoms with van der Waals surface area (Å²) in [6.07, 6.45) is 0.291. The standard InChI is InChI=1S/C18H15F2NO2/c19-15-8-9-17(16(20)13-15)23-11-5-4-10-21-18(22)12-14-6-2-1-3-7-14/h1-3,6-9,13H,10-12H2,(H,21,22). The highest BCUT2D eigenvalue weighted by Gasteiger charge is 2.03. The summed E-state index contributed by atoms with van der Waals surface area (Å²) in [6.45, 7) is 0.137. The minimum absolute atomic E-state index is 0.0445. The Labute approximate surface area is 133 Å². The van der Waals surface area contributed by atoms with E-state index < -0.39 is 11.6 Å². The topological polar surface area (TPSA) is 38.3 Å². The zero-order valence-corrected chi connectivity index (χ0v) is 12.3. The second-order valence-corrected chi connectivity index (χ2v) is 4.66. The van der Waals surface area contributed by atoms with Gasteiger partial charge in [0.2, 0.25) is 5.91 Å². The van der Waals surface area contributed by atoms with Gasteiger partial charge in [-0.05, 0) is 17.7 Å². The second-order valence-electron chi connectivity index (χ2n) is 4.66. The summed E-state index contributed by atoms with van der Waals surface area (Å²) in [5.41, 5.74) is 0.924. The normalized spacial score (nSPS) is 9.65. The van der Waals surface area contributed by atoms with Crippen LogP contribution in [0, 0.1) is 23.5 Å². The van der Waals surface area contributed by atoms with E-state index in [0.717, 1.165) is 17.7 Å². The molecule has 1 amide bonds. The molecule has 2 rings (SSSR count). The Morgan fingerprint density at radius 3 is 2.61 bits per heavy atom. The number of amides is 1. The number of hydrogen-bond acceptors (Lipinski definition) is 2. The quantitative estimate of drug-likeness (QED) is 0.862. The van der Waals surface area contributed by atoms with Crippen LogP contribution in [0.2, 0.25) is 0 Å². The Balaban J connectivity index is 1.69. The highest BCUT2D eigenvalue weighted by atomic mass is 19.1. The van der Waals surface area contributed by atoms with E-state index in [-0.39, 0.29) is 24.8 Å². The largest absolute Gasteiger partial charge is 0.478 e. The van der Waals surface area contributed by atoms with Gasteiger partial charge >= 0.3 is 0 Å². The van der Waals surface area contributed by atoms with Gasteiger partial charge in [-0.2, -0.15) is 0 Å². The van der Waals surface area contributed by atoms with E-state index in [9.17, 15) is 13.6 Å². The lowest BCUT2D eigenvalue weighted by atomic mass is 10.1.